The van der Waals surface area contributed by atoms with E-state index in [1.807, 2.05) is 0 Å². The van der Waals surface area contributed by atoms with Crippen molar-refractivity contribution in [3.63, 3.8) is 0 Å². The molecule has 0 bridgehead atoms. The van der Waals surface area contributed by atoms with E-state index >= 15 is 0 Å². The molecule has 0 spiro atoms. The first-order valence-corrected chi connectivity index (χ1v) is 9.93. The molecule has 11 heteroatoms. The van der Waals surface area contributed by atoms with Crippen molar-refractivity contribution in [1.29, 1.82) is 5.41 Å². The molecule has 0 aromatic heterocycles. The van der Waals surface area contributed by atoms with Crippen LogP contribution in [0, 0.1) is 5.41 Å². The molecule has 1 aromatic carbocycles. The molecule has 6 N–H and O–H groups in total. The van der Waals surface area contributed by atoms with E-state index in [1.54, 1.807) is 24.4 Å². The lowest BCUT2D eigenvalue weighted by Gasteiger charge is -2.30. The molecule has 9 nitrogen and oxygen atoms in total. The second kappa shape index (κ2) is 9.34. The van der Waals surface area contributed by atoms with Gasteiger partial charge in [0.25, 0.3) is 11.8 Å². The number of fused-ring (bicyclic) bond motifs is 1. The quantitative estimate of drug-likeness (QED) is 0.330. The second-order valence-corrected chi connectivity index (χ2v) is 7.61. The third kappa shape index (κ3) is 4.96. The van der Waals surface area contributed by atoms with Gasteiger partial charge in [0.15, 0.2) is 6.17 Å². The molecule has 2 aliphatic heterocycles. The van der Waals surface area contributed by atoms with E-state index in [-0.39, 0.29) is 34.4 Å². The number of hydrogen-bond donors (Lipinski definition) is 5. The smallest absolute Gasteiger partial charge is 0.341 e. The number of allylic oxidation sites excluding steroid dienone is 3. The molecule has 1 aromatic rings. The van der Waals surface area contributed by atoms with E-state index in [4.69, 9.17) is 39.5 Å². The zero-order valence-electron chi connectivity index (χ0n) is 16.1. The standard InChI is InChI=1S/C20H19Cl2N5O4/c21-13-7-10-9-27(19(29)14(23)8-11-3-1-2-5-25-11)6-4-12(10)16(22)15(13)18(28)26-17(24)20(30)31/h1-3,5,7-8,17,23,25H,4,6,9,24H2,(H,26,28)(H,30,31)/b11-8-,23-14?/t17-/m1/s1. The van der Waals surface area contributed by atoms with Crippen LogP contribution in [0.25, 0.3) is 0 Å². The van der Waals surface area contributed by atoms with Gasteiger partial charge in [0.2, 0.25) is 0 Å². The number of benzene rings is 1. The Hall–Kier alpha value is -3.14. The van der Waals surface area contributed by atoms with Gasteiger partial charge in [0.05, 0.1) is 15.6 Å². The Kier molecular flexibility index (Phi) is 6.79. The van der Waals surface area contributed by atoms with E-state index in [2.05, 4.69) is 10.6 Å². The first kappa shape index (κ1) is 22.5. The summed E-state index contributed by atoms with van der Waals surface area (Å²) in [5, 5.41) is 22.1. The molecule has 2 amide bonds. The summed E-state index contributed by atoms with van der Waals surface area (Å²) in [5.41, 5.74) is 7.00. The molecular weight excluding hydrogens is 445 g/mol. The molecule has 0 unspecified atom stereocenters. The van der Waals surface area contributed by atoms with Crippen molar-refractivity contribution in [2.24, 2.45) is 5.73 Å². The van der Waals surface area contributed by atoms with Gasteiger partial charge in [-0.3, -0.25) is 15.0 Å². The van der Waals surface area contributed by atoms with Gasteiger partial charge in [-0.2, -0.15) is 0 Å². The van der Waals surface area contributed by atoms with Crippen LogP contribution in [0.5, 0.6) is 0 Å². The lowest BCUT2D eigenvalue weighted by molar-refractivity contribution is -0.139. The largest absolute Gasteiger partial charge is 0.479 e. The van der Waals surface area contributed by atoms with Crippen molar-refractivity contribution in [1.82, 2.24) is 15.5 Å². The Balaban J connectivity index is 1.79. The average Bonchev–Trinajstić information content (AvgIpc) is 2.73. The van der Waals surface area contributed by atoms with Crippen LogP contribution in [0.2, 0.25) is 10.0 Å². The van der Waals surface area contributed by atoms with Crippen LogP contribution in [0.3, 0.4) is 0 Å². The number of aliphatic carboxylic acids is 1. The molecule has 0 saturated heterocycles. The summed E-state index contributed by atoms with van der Waals surface area (Å²) in [5.74, 6) is -2.66. The van der Waals surface area contributed by atoms with E-state index in [1.165, 1.54) is 17.0 Å². The number of rotatable bonds is 5. The van der Waals surface area contributed by atoms with Gasteiger partial charge in [-0.15, -0.1) is 0 Å². The molecule has 31 heavy (non-hydrogen) atoms. The highest BCUT2D eigenvalue weighted by molar-refractivity contribution is 6.42. The van der Waals surface area contributed by atoms with Crippen molar-refractivity contribution < 1.29 is 19.5 Å². The molecule has 0 aliphatic carbocycles. The number of nitrogens with two attached hydrogens (primary N) is 1. The minimum absolute atomic E-state index is 0.00802. The number of carboxylic acids is 1. The van der Waals surface area contributed by atoms with Gasteiger partial charge < -0.3 is 26.4 Å². The van der Waals surface area contributed by atoms with Crippen LogP contribution in [0.4, 0.5) is 0 Å². The van der Waals surface area contributed by atoms with Crippen LogP contribution in [0.1, 0.15) is 21.5 Å². The number of carbonyl (C=O) groups excluding carboxylic acids is 2. The zero-order chi connectivity index (χ0) is 22.7. The molecule has 0 radical (unpaired) electrons. The third-order valence-corrected chi connectivity index (χ3v) is 5.45. The molecule has 2 aliphatic rings. The van der Waals surface area contributed by atoms with Gasteiger partial charge in [-0.1, -0.05) is 29.3 Å². The van der Waals surface area contributed by atoms with E-state index in [0.29, 0.717) is 23.2 Å². The Morgan fingerprint density at radius 3 is 2.71 bits per heavy atom. The summed E-state index contributed by atoms with van der Waals surface area (Å²) in [6.45, 7) is 0.455. The summed E-state index contributed by atoms with van der Waals surface area (Å²) in [6.07, 6.45) is 7.20. The van der Waals surface area contributed by atoms with E-state index in [0.717, 1.165) is 0 Å². The topological polar surface area (TPSA) is 149 Å². The highest BCUT2D eigenvalue weighted by Crippen LogP contribution is 2.34. The number of dihydropyridines is 1. The lowest BCUT2D eigenvalue weighted by atomic mass is 9.96. The Bertz CT molecular complexity index is 1060. The third-order valence-electron chi connectivity index (χ3n) is 4.74. The average molecular weight is 464 g/mol. The SMILES string of the molecule is N=C(/C=C1/C=CC=CN1)C(=O)N1CCc2c(cc(Cl)c(C(=O)N[C@@H](N)C(=O)O)c2Cl)C1. The van der Waals surface area contributed by atoms with Crippen molar-refractivity contribution in [3.8, 4) is 0 Å². The first-order valence-electron chi connectivity index (χ1n) is 9.17. The molecule has 162 valence electrons. The first-order chi connectivity index (χ1) is 14.7. The number of carbonyl (C=O) groups is 3. The second-order valence-electron chi connectivity index (χ2n) is 6.83. The van der Waals surface area contributed by atoms with Gasteiger partial charge in [0.1, 0.15) is 5.71 Å². The fourth-order valence-electron chi connectivity index (χ4n) is 3.19. The van der Waals surface area contributed by atoms with Gasteiger partial charge in [-0.25, -0.2) is 4.79 Å². The zero-order valence-corrected chi connectivity index (χ0v) is 17.6. The molecular formula is C20H19Cl2N5O4. The number of halogens is 2. The van der Waals surface area contributed by atoms with Crippen LogP contribution in [-0.2, 0) is 22.6 Å². The Morgan fingerprint density at radius 1 is 1.32 bits per heavy atom. The Labute approximate surface area is 187 Å². The van der Waals surface area contributed by atoms with Crippen LogP contribution >= 0.6 is 23.2 Å². The maximum Gasteiger partial charge on any atom is 0.341 e. The number of amides is 2. The molecule has 2 heterocycles. The van der Waals surface area contributed by atoms with E-state index in [9.17, 15) is 14.4 Å². The minimum Gasteiger partial charge on any atom is -0.479 e. The lowest BCUT2D eigenvalue weighted by Crippen LogP contribution is -2.47. The summed E-state index contributed by atoms with van der Waals surface area (Å²) in [6, 6.07) is 1.52. The van der Waals surface area contributed by atoms with Crippen LogP contribution < -0.4 is 16.4 Å². The van der Waals surface area contributed by atoms with Crippen molar-refractivity contribution in [3.05, 3.63) is 69.0 Å². The van der Waals surface area contributed by atoms with Gasteiger partial charge >= 0.3 is 5.97 Å². The minimum atomic E-state index is -1.60. The number of hydrogen-bond acceptors (Lipinski definition) is 6. The molecule has 3 rings (SSSR count). The Morgan fingerprint density at radius 2 is 2.06 bits per heavy atom. The summed E-state index contributed by atoms with van der Waals surface area (Å²) >= 11 is 12.6. The number of carboxylic acid groups (broad SMARTS) is 1. The molecule has 1 atom stereocenters. The molecule has 0 saturated carbocycles. The summed E-state index contributed by atoms with van der Waals surface area (Å²) in [7, 11) is 0. The van der Waals surface area contributed by atoms with E-state index < -0.39 is 23.9 Å². The predicted molar refractivity (Wildman–Crippen MR) is 116 cm³/mol. The monoisotopic (exact) mass is 463 g/mol. The van der Waals surface area contributed by atoms with Crippen LogP contribution in [0.15, 0.2) is 42.3 Å². The maximum atomic E-state index is 12.7. The fraction of sp³-hybridized carbons (Fsp3) is 0.200. The number of nitrogens with zero attached hydrogens (tertiary/aromatic N) is 1. The molecule has 0 fully saturated rings. The highest BCUT2D eigenvalue weighted by Gasteiger charge is 2.29. The number of nitrogens with one attached hydrogen (secondary N) is 3. The van der Waals surface area contributed by atoms with Crippen molar-refractivity contribution >= 4 is 46.7 Å². The van der Waals surface area contributed by atoms with Gasteiger partial charge in [-0.05, 0) is 41.8 Å². The fourth-order valence-corrected chi connectivity index (χ4v) is 3.96. The van der Waals surface area contributed by atoms with Gasteiger partial charge in [0, 0.05) is 25.0 Å². The van der Waals surface area contributed by atoms with Crippen molar-refractivity contribution in [2.75, 3.05) is 6.54 Å². The maximum absolute atomic E-state index is 12.7. The normalized spacial score (nSPS) is 17.0. The predicted octanol–water partition coefficient (Wildman–Crippen LogP) is 1.55. The summed E-state index contributed by atoms with van der Waals surface area (Å²) < 4.78 is 0. The van der Waals surface area contributed by atoms with Crippen molar-refractivity contribution in [2.45, 2.75) is 19.1 Å². The summed E-state index contributed by atoms with van der Waals surface area (Å²) in [4.78, 5) is 37.5. The van der Waals surface area contributed by atoms with Crippen LogP contribution in [-0.4, -0.2) is 46.2 Å². The highest BCUT2D eigenvalue weighted by atomic mass is 35.5.